The van der Waals surface area contributed by atoms with Crippen LogP contribution < -0.4 is 5.32 Å². The summed E-state index contributed by atoms with van der Waals surface area (Å²) in [5, 5.41) is 2.87. The van der Waals surface area contributed by atoms with Gasteiger partial charge in [0.2, 0.25) is 5.91 Å². The summed E-state index contributed by atoms with van der Waals surface area (Å²) < 4.78 is 0. The Hall–Kier alpha value is -3.54. The van der Waals surface area contributed by atoms with Gasteiger partial charge in [-0.1, -0.05) is 54.6 Å². The topological polar surface area (TPSA) is 75.2 Å². The molecule has 1 aliphatic heterocycles. The van der Waals surface area contributed by atoms with Crippen LogP contribution in [-0.2, 0) is 11.2 Å². The molecule has 0 unspecified atom stereocenters. The van der Waals surface area contributed by atoms with Gasteiger partial charge in [-0.3, -0.25) is 14.6 Å². The van der Waals surface area contributed by atoms with Crippen molar-refractivity contribution in [1.29, 1.82) is 0 Å². The number of rotatable bonds is 5. The van der Waals surface area contributed by atoms with Crippen molar-refractivity contribution in [2.75, 3.05) is 20.1 Å². The van der Waals surface area contributed by atoms with E-state index in [2.05, 4.69) is 39.6 Å². The van der Waals surface area contributed by atoms with E-state index in [9.17, 15) is 9.59 Å². The van der Waals surface area contributed by atoms with Gasteiger partial charge in [-0.05, 0) is 42.9 Å². The Morgan fingerprint density at radius 3 is 2.31 bits per heavy atom. The number of carbonyl (C=O) groups excluding carboxylic acids is 2. The molecule has 164 valence electrons. The first kappa shape index (κ1) is 21.7. The van der Waals surface area contributed by atoms with Gasteiger partial charge in [-0.2, -0.15) is 0 Å². The molecule has 0 radical (unpaired) electrons. The number of amides is 2. The van der Waals surface area contributed by atoms with Gasteiger partial charge in [0, 0.05) is 26.3 Å². The summed E-state index contributed by atoms with van der Waals surface area (Å²) in [4.78, 5) is 36.2. The van der Waals surface area contributed by atoms with E-state index in [1.165, 1.54) is 6.20 Å². The molecule has 3 aromatic rings. The van der Waals surface area contributed by atoms with E-state index in [0.29, 0.717) is 38.0 Å². The van der Waals surface area contributed by atoms with Gasteiger partial charge in [-0.25, -0.2) is 4.98 Å². The zero-order valence-electron chi connectivity index (χ0n) is 18.5. The summed E-state index contributed by atoms with van der Waals surface area (Å²) in [5.41, 5.74) is 3.99. The predicted molar refractivity (Wildman–Crippen MR) is 124 cm³/mol. The average molecular weight is 429 g/mol. The highest BCUT2D eigenvalue weighted by atomic mass is 16.2. The highest BCUT2D eigenvalue weighted by Gasteiger charge is 2.42. The Kier molecular flexibility index (Phi) is 6.30. The van der Waals surface area contributed by atoms with Crippen molar-refractivity contribution < 1.29 is 9.59 Å². The van der Waals surface area contributed by atoms with Crippen LogP contribution in [0.15, 0.2) is 67.0 Å². The standard InChI is InChI=1S/C26H28N4O2/c1-19-17-29-23(18-28-19)24(31)30-14-12-26(13-15-30,25(32)27-2)16-21-10-6-7-11-22(21)20-8-4-3-5-9-20/h3-11,17-18H,12-16H2,1-2H3,(H,27,32). The van der Waals surface area contributed by atoms with Crippen molar-refractivity contribution in [3.63, 3.8) is 0 Å². The minimum Gasteiger partial charge on any atom is -0.359 e. The first-order chi connectivity index (χ1) is 15.5. The number of piperidine rings is 1. The molecule has 1 N–H and O–H groups in total. The van der Waals surface area contributed by atoms with Crippen molar-refractivity contribution in [2.45, 2.75) is 26.2 Å². The third kappa shape index (κ3) is 4.40. The van der Waals surface area contributed by atoms with E-state index in [0.717, 1.165) is 22.4 Å². The lowest BCUT2D eigenvalue weighted by Crippen LogP contribution is -2.50. The second-order valence-electron chi connectivity index (χ2n) is 8.39. The average Bonchev–Trinajstić information content (AvgIpc) is 2.85. The number of nitrogens with one attached hydrogen (secondary N) is 1. The molecule has 0 saturated carbocycles. The van der Waals surface area contributed by atoms with E-state index in [1.807, 2.05) is 37.3 Å². The monoisotopic (exact) mass is 428 g/mol. The van der Waals surface area contributed by atoms with E-state index >= 15 is 0 Å². The zero-order chi connectivity index (χ0) is 22.6. The molecule has 0 spiro atoms. The molecule has 6 nitrogen and oxygen atoms in total. The van der Waals surface area contributed by atoms with Crippen LogP contribution in [0, 0.1) is 12.3 Å². The minimum atomic E-state index is -0.560. The van der Waals surface area contributed by atoms with Crippen molar-refractivity contribution in [2.24, 2.45) is 5.41 Å². The number of benzene rings is 2. The highest BCUT2D eigenvalue weighted by Crippen LogP contribution is 2.38. The number of aromatic nitrogens is 2. The third-order valence-corrected chi connectivity index (χ3v) is 6.35. The smallest absolute Gasteiger partial charge is 0.274 e. The van der Waals surface area contributed by atoms with Crippen LogP contribution in [0.25, 0.3) is 11.1 Å². The zero-order valence-corrected chi connectivity index (χ0v) is 18.5. The number of likely N-dealkylation sites (tertiary alicyclic amines) is 1. The van der Waals surface area contributed by atoms with Gasteiger partial charge in [0.25, 0.3) is 5.91 Å². The van der Waals surface area contributed by atoms with Gasteiger partial charge in [0.05, 0.1) is 17.3 Å². The number of nitrogens with zero attached hydrogens (tertiary/aromatic N) is 3. The van der Waals surface area contributed by atoms with E-state index in [4.69, 9.17) is 0 Å². The Bertz CT molecular complexity index is 1090. The van der Waals surface area contributed by atoms with Crippen molar-refractivity contribution in [1.82, 2.24) is 20.2 Å². The number of aryl methyl sites for hydroxylation is 1. The summed E-state index contributed by atoms with van der Waals surface area (Å²) in [6, 6.07) is 18.5. The van der Waals surface area contributed by atoms with Gasteiger partial charge >= 0.3 is 0 Å². The lowest BCUT2D eigenvalue weighted by Gasteiger charge is -2.40. The van der Waals surface area contributed by atoms with E-state index in [1.54, 1.807) is 18.1 Å². The quantitative estimate of drug-likeness (QED) is 0.673. The fourth-order valence-electron chi connectivity index (χ4n) is 4.49. The molecule has 32 heavy (non-hydrogen) atoms. The van der Waals surface area contributed by atoms with Crippen LogP contribution >= 0.6 is 0 Å². The largest absolute Gasteiger partial charge is 0.359 e. The maximum absolute atomic E-state index is 13.1. The van der Waals surface area contributed by atoms with Gasteiger partial charge in [-0.15, -0.1) is 0 Å². The summed E-state index contributed by atoms with van der Waals surface area (Å²) in [5.74, 6) is -0.102. The van der Waals surface area contributed by atoms with Gasteiger partial charge in [0.1, 0.15) is 5.69 Å². The van der Waals surface area contributed by atoms with Crippen LogP contribution in [0.3, 0.4) is 0 Å². The second kappa shape index (κ2) is 9.30. The Morgan fingerprint density at radius 2 is 1.66 bits per heavy atom. The molecule has 0 aliphatic carbocycles. The molecule has 2 aromatic carbocycles. The Labute approximate surface area is 188 Å². The van der Waals surface area contributed by atoms with Crippen molar-refractivity contribution >= 4 is 11.8 Å². The molecule has 0 bridgehead atoms. The first-order valence-electron chi connectivity index (χ1n) is 11.0. The third-order valence-electron chi connectivity index (χ3n) is 6.35. The normalized spacial score (nSPS) is 15.2. The lowest BCUT2D eigenvalue weighted by molar-refractivity contribution is -0.133. The van der Waals surface area contributed by atoms with Crippen molar-refractivity contribution in [3.05, 3.63) is 83.9 Å². The van der Waals surface area contributed by atoms with Gasteiger partial charge in [0.15, 0.2) is 0 Å². The van der Waals surface area contributed by atoms with E-state index in [-0.39, 0.29) is 11.8 Å². The molecule has 6 heteroatoms. The van der Waals surface area contributed by atoms with Crippen LogP contribution in [0.1, 0.15) is 34.6 Å². The molecule has 2 heterocycles. The highest BCUT2D eigenvalue weighted by molar-refractivity contribution is 5.92. The number of hydrogen-bond acceptors (Lipinski definition) is 4. The summed E-state index contributed by atoms with van der Waals surface area (Å²) in [6.45, 7) is 2.86. The van der Waals surface area contributed by atoms with Crippen LogP contribution in [-0.4, -0.2) is 46.8 Å². The fraction of sp³-hybridized carbons (Fsp3) is 0.308. The maximum Gasteiger partial charge on any atom is 0.274 e. The molecular formula is C26H28N4O2. The van der Waals surface area contributed by atoms with Crippen molar-refractivity contribution in [3.8, 4) is 11.1 Å². The molecule has 0 atom stereocenters. The molecule has 1 saturated heterocycles. The van der Waals surface area contributed by atoms with Gasteiger partial charge < -0.3 is 10.2 Å². The molecule has 4 rings (SSSR count). The van der Waals surface area contributed by atoms with Crippen LogP contribution in [0.2, 0.25) is 0 Å². The number of hydrogen-bond donors (Lipinski definition) is 1. The SMILES string of the molecule is CNC(=O)C1(Cc2ccccc2-c2ccccc2)CCN(C(=O)c2cnc(C)cn2)CC1. The Balaban J connectivity index is 1.56. The minimum absolute atomic E-state index is 0.0302. The lowest BCUT2D eigenvalue weighted by atomic mass is 9.72. The molecule has 1 aliphatic rings. The molecular weight excluding hydrogens is 400 g/mol. The second-order valence-corrected chi connectivity index (χ2v) is 8.39. The number of carbonyl (C=O) groups is 2. The first-order valence-corrected chi connectivity index (χ1v) is 11.0. The van der Waals surface area contributed by atoms with Crippen LogP contribution in [0.4, 0.5) is 0 Å². The summed E-state index contributed by atoms with van der Waals surface area (Å²) in [6.07, 6.45) is 4.95. The summed E-state index contributed by atoms with van der Waals surface area (Å²) >= 11 is 0. The molecule has 1 fully saturated rings. The molecule has 2 amide bonds. The fourth-order valence-corrected chi connectivity index (χ4v) is 4.49. The van der Waals surface area contributed by atoms with Crippen LogP contribution in [0.5, 0.6) is 0 Å². The summed E-state index contributed by atoms with van der Waals surface area (Å²) in [7, 11) is 1.69. The van der Waals surface area contributed by atoms with E-state index < -0.39 is 5.41 Å². The maximum atomic E-state index is 13.1. The Morgan fingerprint density at radius 1 is 0.969 bits per heavy atom. The molecule has 1 aromatic heterocycles. The predicted octanol–water partition coefficient (Wildman–Crippen LogP) is 3.66.